The van der Waals surface area contributed by atoms with Gasteiger partial charge >= 0.3 is 0 Å². The summed E-state index contributed by atoms with van der Waals surface area (Å²) in [5.41, 5.74) is 3.64. The van der Waals surface area contributed by atoms with Gasteiger partial charge in [-0.25, -0.2) is 9.07 Å². The van der Waals surface area contributed by atoms with Gasteiger partial charge in [0.25, 0.3) is 0 Å². The van der Waals surface area contributed by atoms with Gasteiger partial charge in [0, 0.05) is 21.0 Å². The normalized spacial score (nSPS) is 19.4. The Bertz CT molecular complexity index is 1280. The molecule has 0 unspecified atom stereocenters. The number of thiophene rings is 1. The molecule has 0 aliphatic carbocycles. The van der Waals surface area contributed by atoms with Crippen LogP contribution in [0, 0.1) is 5.82 Å². The van der Waals surface area contributed by atoms with Crippen molar-refractivity contribution in [1.82, 2.24) is 14.8 Å². The Labute approximate surface area is 180 Å². The highest BCUT2D eigenvalue weighted by molar-refractivity contribution is 7.10. The van der Waals surface area contributed by atoms with Crippen molar-refractivity contribution in [2.24, 2.45) is 0 Å². The van der Waals surface area contributed by atoms with E-state index in [9.17, 15) is 4.39 Å². The maximum atomic E-state index is 13.7. The fourth-order valence-corrected chi connectivity index (χ4v) is 5.03. The number of nitrogens with one attached hydrogen (secondary N) is 1. The quantitative estimate of drug-likeness (QED) is 0.438. The molecule has 8 heteroatoms. The molecule has 4 heterocycles. The van der Waals surface area contributed by atoms with Gasteiger partial charge in [0.1, 0.15) is 23.9 Å². The van der Waals surface area contributed by atoms with Gasteiger partial charge in [-0.05, 0) is 47.3 Å². The number of halogens is 2. The van der Waals surface area contributed by atoms with Gasteiger partial charge < -0.3 is 10.1 Å². The molecule has 6 rings (SSSR count). The largest absolute Gasteiger partial charge is 0.480 e. The van der Waals surface area contributed by atoms with Gasteiger partial charge in [0.15, 0.2) is 6.10 Å². The summed E-state index contributed by atoms with van der Waals surface area (Å²) >= 11 is 7.94. The predicted octanol–water partition coefficient (Wildman–Crippen LogP) is 5.69. The predicted molar refractivity (Wildman–Crippen MR) is 114 cm³/mol. The SMILES string of the molecule is Fc1ccc([C@H]2C3=C(Nc4ncnn42)c2cc(Cl)ccc2O[C@@H]3c2cccs2)cc1. The lowest BCUT2D eigenvalue weighted by Crippen LogP contribution is -2.32. The molecule has 30 heavy (non-hydrogen) atoms. The van der Waals surface area contributed by atoms with Crippen LogP contribution >= 0.6 is 22.9 Å². The molecule has 0 saturated carbocycles. The molecular weight excluding hydrogens is 423 g/mol. The lowest BCUT2D eigenvalue weighted by molar-refractivity contribution is 0.226. The van der Waals surface area contributed by atoms with E-state index < -0.39 is 0 Å². The van der Waals surface area contributed by atoms with Crippen molar-refractivity contribution in [3.8, 4) is 5.75 Å². The Morgan fingerprint density at radius 3 is 2.80 bits per heavy atom. The molecule has 0 radical (unpaired) electrons. The third kappa shape index (κ3) is 2.66. The number of aromatic nitrogens is 3. The number of anilines is 1. The van der Waals surface area contributed by atoms with E-state index in [4.69, 9.17) is 16.3 Å². The summed E-state index contributed by atoms with van der Waals surface area (Å²) < 4.78 is 22.0. The van der Waals surface area contributed by atoms with Crippen molar-refractivity contribution in [3.05, 3.63) is 98.7 Å². The second kappa shape index (κ2) is 6.68. The molecule has 2 atom stereocenters. The van der Waals surface area contributed by atoms with E-state index in [1.54, 1.807) is 23.5 Å². The van der Waals surface area contributed by atoms with E-state index in [1.807, 2.05) is 34.3 Å². The molecule has 0 fully saturated rings. The van der Waals surface area contributed by atoms with Crippen LogP contribution in [0.15, 0.2) is 71.9 Å². The average molecular weight is 437 g/mol. The molecule has 2 aromatic carbocycles. The molecular formula is C22H14ClFN4OS. The van der Waals surface area contributed by atoms with Crippen LogP contribution in [0.5, 0.6) is 5.75 Å². The summed E-state index contributed by atoms with van der Waals surface area (Å²) in [6.45, 7) is 0. The number of benzene rings is 2. The van der Waals surface area contributed by atoms with Crippen LogP contribution in [0.1, 0.15) is 28.1 Å². The summed E-state index contributed by atoms with van der Waals surface area (Å²) in [6.07, 6.45) is 1.19. The monoisotopic (exact) mass is 436 g/mol. The van der Waals surface area contributed by atoms with E-state index in [2.05, 4.69) is 21.5 Å². The highest BCUT2D eigenvalue weighted by atomic mass is 35.5. The third-order valence-electron chi connectivity index (χ3n) is 5.36. The first-order valence-corrected chi connectivity index (χ1v) is 10.6. The van der Waals surface area contributed by atoms with E-state index in [0.29, 0.717) is 11.0 Å². The number of nitrogens with zero attached hydrogens (tertiary/aromatic N) is 3. The van der Waals surface area contributed by atoms with Crippen molar-refractivity contribution in [2.45, 2.75) is 12.1 Å². The molecule has 0 saturated heterocycles. The average Bonchev–Trinajstić information content (AvgIpc) is 3.44. The second-order valence-corrected chi connectivity index (χ2v) is 8.51. The molecule has 2 aliphatic rings. The minimum atomic E-state index is -0.325. The summed E-state index contributed by atoms with van der Waals surface area (Å²) in [6, 6.07) is 15.8. The Morgan fingerprint density at radius 2 is 2.00 bits per heavy atom. The summed E-state index contributed by atoms with van der Waals surface area (Å²) in [7, 11) is 0. The van der Waals surface area contributed by atoms with E-state index in [1.165, 1.54) is 18.5 Å². The van der Waals surface area contributed by atoms with E-state index in [-0.39, 0.29) is 18.0 Å². The van der Waals surface area contributed by atoms with Gasteiger partial charge in [0.05, 0.1) is 5.70 Å². The van der Waals surface area contributed by atoms with Crippen molar-refractivity contribution in [1.29, 1.82) is 0 Å². The third-order valence-corrected chi connectivity index (χ3v) is 6.51. The van der Waals surface area contributed by atoms with Gasteiger partial charge in [-0.1, -0.05) is 29.8 Å². The lowest BCUT2D eigenvalue weighted by atomic mass is 9.86. The van der Waals surface area contributed by atoms with Crippen molar-refractivity contribution in [2.75, 3.05) is 5.32 Å². The smallest absolute Gasteiger partial charge is 0.226 e. The highest BCUT2D eigenvalue weighted by Gasteiger charge is 2.41. The van der Waals surface area contributed by atoms with Crippen LogP contribution in [0.2, 0.25) is 5.02 Å². The van der Waals surface area contributed by atoms with E-state index in [0.717, 1.165) is 33.0 Å². The maximum Gasteiger partial charge on any atom is 0.226 e. The van der Waals surface area contributed by atoms with Crippen LogP contribution < -0.4 is 10.1 Å². The first-order valence-electron chi connectivity index (χ1n) is 9.35. The van der Waals surface area contributed by atoms with Crippen molar-refractivity contribution >= 4 is 34.6 Å². The van der Waals surface area contributed by atoms with E-state index >= 15 is 0 Å². The molecule has 0 bridgehead atoms. The van der Waals surface area contributed by atoms with Crippen molar-refractivity contribution in [3.63, 3.8) is 0 Å². The van der Waals surface area contributed by atoms with Gasteiger partial charge in [-0.3, -0.25) is 0 Å². The topological polar surface area (TPSA) is 52.0 Å². The number of rotatable bonds is 2. The zero-order chi connectivity index (χ0) is 20.2. The minimum absolute atomic E-state index is 0.285. The van der Waals surface area contributed by atoms with Gasteiger partial charge in [-0.15, -0.1) is 11.3 Å². The zero-order valence-electron chi connectivity index (χ0n) is 15.4. The molecule has 5 nitrogen and oxygen atoms in total. The number of hydrogen-bond donors (Lipinski definition) is 1. The van der Waals surface area contributed by atoms with Crippen LogP contribution in [0.4, 0.5) is 10.3 Å². The van der Waals surface area contributed by atoms with Crippen molar-refractivity contribution < 1.29 is 9.13 Å². The standard InChI is InChI=1S/C22H14ClFN4OS/c23-13-5-8-16-15(10-13)19-18(21(29-16)17-2-1-9-30-17)20(12-3-6-14(24)7-4-12)28-22(27-19)25-11-26-28/h1-11,20-21H,(H,25,26,27)/t20-,21+/m0/s1. The number of ether oxygens (including phenoxy) is 1. The Hall–Kier alpha value is -3.16. The minimum Gasteiger partial charge on any atom is -0.480 e. The Balaban J connectivity index is 1.64. The Morgan fingerprint density at radius 1 is 1.13 bits per heavy atom. The lowest BCUT2D eigenvalue weighted by Gasteiger charge is -2.38. The highest BCUT2D eigenvalue weighted by Crippen LogP contribution is 2.51. The van der Waals surface area contributed by atoms with Crippen LogP contribution in [0.3, 0.4) is 0 Å². The van der Waals surface area contributed by atoms with Gasteiger partial charge in [0.2, 0.25) is 5.95 Å². The first kappa shape index (κ1) is 17.7. The Kier molecular flexibility index (Phi) is 3.94. The van der Waals surface area contributed by atoms with Crippen LogP contribution in [-0.2, 0) is 0 Å². The zero-order valence-corrected chi connectivity index (χ0v) is 17.0. The molecule has 148 valence electrons. The molecule has 0 spiro atoms. The molecule has 1 N–H and O–H groups in total. The molecule has 4 aromatic rings. The maximum absolute atomic E-state index is 13.7. The molecule has 2 aliphatic heterocycles. The summed E-state index contributed by atoms with van der Waals surface area (Å²) in [4.78, 5) is 5.46. The number of fused-ring (bicyclic) bond motifs is 3. The molecule has 0 amide bonds. The number of hydrogen-bond acceptors (Lipinski definition) is 5. The fourth-order valence-electron chi connectivity index (χ4n) is 4.09. The van der Waals surface area contributed by atoms with Crippen LogP contribution in [-0.4, -0.2) is 14.8 Å². The first-order chi connectivity index (χ1) is 14.7. The molecule has 2 aromatic heterocycles. The fraction of sp³-hybridized carbons (Fsp3) is 0.0909. The summed E-state index contributed by atoms with van der Waals surface area (Å²) in [5.74, 6) is 1.07. The second-order valence-electron chi connectivity index (χ2n) is 7.09. The van der Waals surface area contributed by atoms with Gasteiger partial charge in [-0.2, -0.15) is 10.1 Å². The summed E-state index contributed by atoms with van der Waals surface area (Å²) in [5, 5.41) is 10.5. The van der Waals surface area contributed by atoms with Crippen LogP contribution in [0.25, 0.3) is 5.70 Å².